The maximum atomic E-state index is 11.2. The molecule has 0 fully saturated rings. The first kappa shape index (κ1) is 16.3. The van der Waals surface area contributed by atoms with Gasteiger partial charge in [-0.25, -0.2) is 0 Å². The van der Waals surface area contributed by atoms with E-state index in [-0.39, 0.29) is 16.7 Å². The van der Waals surface area contributed by atoms with Crippen molar-refractivity contribution in [3.05, 3.63) is 88.1 Å². The van der Waals surface area contributed by atoms with E-state index < -0.39 is 0 Å². The van der Waals surface area contributed by atoms with Crippen LogP contribution in [0.4, 0.5) is 5.69 Å². The first-order chi connectivity index (χ1) is 12.6. The molecule has 0 unspecified atom stereocenters. The summed E-state index contributed by atoms with van der Waals surface area (Å²) in [5, 5.41) is 18.0. The molecule has 0 bridgehead atoms. The molecule has 0 saturated carbocycles. The van der Waals surface area contributed by atoms with Gasteiger partial charge in [-0.15, -0.1) is 0 Å². The molecule has 130 valence electrons. The van der Waals surface area contributed by atoms with Gasteiger partial charge in [0.1, 0.15) is 5.52 Å². The number of fused-ring (bicyclic) bond motifs is 2. The third-order valence-corrected chi connectivity index (χ3v) is 4.78. The highest BCUT2D eigenvalue weighted by Gasteiger charge is 2.14. The maximum absolute atomic E-state index is 11.2. The standard InChI is InChI=1S/C21H19N3O2/c1-14(18-10-4-7-15-6-2-3-9-19(15)18)22-13-17-12-16-8-5-11-20(24(25)26)21(16)23-17/h2-12,14,22-23H,13H2,1H3/t14-/m1/s1. The predicted molar refractivity (Wildman–Crippen MR) is 104 cm³/mol. The zero-order chi connectivity index (χ0) is 18.1. The Balaban J connectivity index is 1.58. The Morgan fingerprint density at radius 3 is 2.62 bits per heavy atom. The number of aromatic nitrogens is 1. The third kappa shape index (κ3) is 2.93. The monoisotopic (exact) mass is 345 g/mol. The van der Waals surface area contributed by atoms with E-state index in [0.29, 0.717) is 12.1 Å². The Morgan fingerprint density at radius 2 is 1.77 bits per heavy atom. The normalized spacial score (nSPS) is 12.5. The summed E-state index contributed by atoms with van der Waals surface area (Å²) in [6.07, 6.45) is 0. The molecule has 5 nitrogen and oxygen atoms in total. The number of benzene rings is 3. The molecule has 0 aliphatic heterocycles. The summed E-state index contributed by atoms with van der Waals surface area (Å²) in [6.45, 7) is 2.74. The molecule has 0 radical (unpaired) electrons. The summed E-state index contributed by atoms with van der Waals surface area (Å²) >= 11 is 0. The molecule has 0 saturated heterocycles. The number of hydrogen-bond donors (Lipinski definition) is 2. The molecule has 3 aromatic carbocycles. The first-order valence-electron chi connectivity index (χ1n) is 8.59. The summed E-state index contributed by atoms with van der Waals surface area (Å²) in [7, 11) is 0. The van der Waals surface area contributed by atoms with Crippen molar-refractivity contribution < 1.29 is 4.92 Å². The summed E-state index contributed by atoms with van der Waals surface area (Å²) < 4.78 is 0. The SMILES string of the molecule is C[C@@H](NCc1cc2cccc([N+](=O)[O-])c2[nH]1)c1cccc2ccccc12. The van der Waals surface area contributed by atoms with Crippen molar-refractivity contribution >= 4 is 27.4 Å². The van der Waals surface area contributed by atoms with Crippen molar-refractivity contribution in [1.29, 1.82) is 0 Å². The molecule has 5 heteroatoms. The molecule has 0 aliphatic rings. The highest BCUT2D eigenvalue weighted by atomic mass is 16.6. The minimum Gasteiger partial charge on any atom is -0.352 e. The second-order valence-electron chi connectivity index (χ2n) is 6.46. The van der Waals surface area contributed by atoms with Crippen LogP contribution in [0, 0.1) is 10.1 Å². The Bertz CT molecular complexity index is 1100. The van der Waals surface area contributed by atoms with Gasteiger partial charge in [-0.05, 0) is 29.3 Å². The summed E-state index contributed by atoms with van der Waals surface area (Å²) in [5.74, 6) is 0. The van der Waals surface area contributed by atoms with E-state index in [4.69, 9.17) is 0 Å². The lowest BCUT2D eigenvalue weighted by Crippen LogP contribution is -2.18. The average Bonchev–Trinajstić information content (AvgIpc) is 3.08. The second-order valence-corrected chi connectivity index (χ2v) is 6.46. The number of nitrogens with zero attached hydrogens (tertiary/aromatic N) is 1. The smallest absolute Gasteiger partial charge is 0.293 e. The molecule has 4 rings (SSSR count). The van der Waals surface area contributed by atoms with Gasteiger partial charge in [-0.3, -0.25) is 10.1 Å². The van der Waals surface area contributed by atoms with Crippen LogP contribution in [0.5, 0.6) is 0 Å². The Labute approximate surface area is 150 Å². The molecule has 0 spiro atoms. The highest BCUT2D eigenvalue weighted by Crippen LogP contribution is 2.27. The number of H-pyrrole nitrogens is 1. The van der Waals surface area contributed by atoms with Crippen molar-refractivity contribution in [2.75, 3.05) is 0 Å². The van der Waals surface area contributed by atoms with E-state index in [9.17, 15) is 10.1 Å². The Hall–Kier alpha value is -3.18. The highest BCUT2D eigenvalue weighted by molar-refractivity contribution is 5.88. The number of nitro groups is 1. The Morgan fingerprint density at radius 1 is 1.04 bits per heavy atom. The number of hydrogen-bond acceptors (Lipinski definition) is 3. The van der Waals surface area contributed by atoms with Crippen LogP contribution in [0.3, 0.4) is 0 Å². The van der Waals surface area contributed by atoms with E-state index >= 15 is 0 Å². The number of rotatable bonds is 5. The molecule has 1 aromatic heterocycles. The van der Waals surface area contributed by atoms with E-state index in [0.717, 1.165) is 11.1 Å². The lowest BCUT2D eigenvalue weighted by atomic mass is 10.00. The summed E-state index contributed by atoms with van der Waals surface area (Å²) in [6, 6.07) is 21.9. The second kappa shape index (κ2) is 6.61. The number of nitrogens with one attached hydrogen (secondary N) is 2. The molecular formula is C21H19N3O2. The van der Waals surface area contributed by atoms with Crippen LogP contribution >= 0.6 is 0 Å². The zero-order valence-corrected chi connectivity index (χ0v) is 14.4. The van der Waals surface area contributed by atoms with Gasteiger partial charge in [-0.1, -0.05) is 54.6 Å². The molecule has 1 heterocycles. The van der Waals surface area contributed by atoms with Crippen molar-refractivity contribution in [3.63, 3.8) is 0 Å². The largest absolute Gasteiger partial charge is 0.352 e. The predicted octanol–water partition coefficient (Wildman–Crippen LogP) is 5.08. The molecule has 0 aliphatic carbocycles. The molecule has 1 atom stereocenters. The molecule has 0 amide bonds. The third-order valence-electron chi connectivity index (χ3n) is 4.78. The van der Waals surface area contributed by atoms with Crippen molar-refractivity contribution in [2.24, 2.45) is 0 Å². The molecule has 26 heavy (non-hydrogen) atoms. The molecule has 2 N–H and O–H groups in total. The van der Waals surface area contributed by atoms with Gasteiger partial charge in [-0.2, -0.15) is 0 Å². The number of nitro benzene ring substituents is 1. The van der Waals surface area contributed by atoms with Crippen molar-refractivity contribution in [2.45, 2.75) is 19.5 Å². The van der Waals surface area contributed by atoms with Gasteiger partial charge in [0.25, 0.3) is 5.69 Å². The van der Waals surface area contributed by atoms with Gasteiger partial charge in [0.2, 0.25) is 0 Å². The number of non-ortho nitro benzene ring substituents is 1. The van der Waals surface area contributed by atoms with E-state index in [1.54, 1.807) is 6.07 Å². The van der Waals surface area contributed by atoms with Crippen LogP contribution in [-0.2, 0) is 6.54 Å². The topological polar surface area (TPSA) is 71.0 Å². The lowest BCUT2D eigenvalue weighted by molar-refractivity contribution is -0.383. The zero-order valence-electron chi connectivity index (χ0n) is 14.4. The van der Waals surface area contributed by atoms with E-state index in [2.05, 4.69) is 53.6 Å². The Kier molecular flexibility index (Phi) is 4.14. The van der Waals surface area contributed by atoms with Crippen LogP contribution in [0.2, 0.25) is 0 Å². The fourth-order valence-corrected chi connectivity index (χ4v) is 3.45. The van der Waals surface area contributed by atoms with Gasteiger partial charge in [0.05, 0.1) is 4.92 Å². The van der Waals surface area contributed by atoms with Crippen LogP contribution in [0.25, 0.3) is 21.7 Å². The van der Waals surface area contributed by atoms with Gasteiger partial charge in [0.15, 0.2) is 0 Å². The summed E-state index contributed by atoms with van der Waals surface area (Å²) in [5.41, 5.74) is 2.86. The summed E-state index contributed by atoms with van der Waals surface area (Å²) in [4.78, 5) is 14.0. The fourth-order valence-electron chi connectivity index (χ4n) is 3.45. The van der Waals surface area contributed by atoms with Crippen LogP contribution in [0.15, 0.2) is 66.7 Å². The average molecular weight is 345 g/mol. The quantitative estimate of drug-likeness (QED) is 0.391. The molecule has 4 aromatic rings. The van der Waals surface area contributed by atoms with Crippen LogP contribution < -0.4 is 5.32 Å². The van der Waals surface area contributed by atoms with E-state index in [1.165, 1.54) is 22.4 Å². The molecular weight excluding hydrogens is 326 g/mol. The first-order valence-corrected chi connectivity index (χ1v) is 8.59. The minimum absolute atomic E-state index is 0.107. The number of aromatic amines is 1. The van der Waals surface area contributed by atoms with Gasteiger partial charge in [0, 0.05) is 29.7 Å². The van der Waals surface area contributed by atoms with Gasteiger partial charge >= 0.3 is 0 Å². The van der Waals surface area contributed by atoms with Crippen molar-refractivity contribution in [1.82, 2.24) is 10.3 Å². The lowest BCUT2D eigenvalue weighted by Gasteiger charge is -2.16. The van der Waals surface area contributed by atoms with Gasteiger partial charge < -0.3 is 10.3 Å². The number of para-hydroxylation sites is 1. The fraction of sp³-hybridized carbons (Fsp3) is 0.143. The van der Waals surface area contributed by atoms with Crippen molar-refractivity contribution in [3.8, 4) is 0 Å². The maximum Gasteiger partial charge on any atom is 0.293 e. The van der Waals surface area contributed by atoms with Crippen LogP contribution in [0.1, 0.15) is 24.2 Å². The van der Waals surface area contributed by atoms with E-state index in [1.807, 2.05) is 18.2 Å². The minimum atomic E-state index is -0.352. The van der Waals surface area contributed by atoms with Crippen LogP contribution in [-0.4, -0.2) is 9.91 Å².